The second kappa shape index (κ2) is 5.74. The van der Waals surface area contributed by atoms with Gasteiger partial charge in [-0.2, -0.15) is 5.26 Å². The van der Waals surface area contributed by atoms with Crippen molar-refractivity contribution in [1.29, 1.82) is 5.26 Å². The summed E-state index contributed by atoms with van der Waals surface area (Å²) >= 11 is 0. The Morgan fingerprint density at radius 2 is 2.39 bits per heavy atom. The van der Waals surface area contributed by atoms with E-state index in [0.717, 1.165) is 31.9 Å². The van der Waals surface area contributed by atoms with Crippen LogP contribution in [-0.4, -0.2) is 26.8 Å². The second-order valence-corrected chi connectivity index (χ2v) is 4.85. The zero-order chi connectivity index (χ0) is 13.0. The van der Waals surface area contributed by atoms with Crippen LogP contribution in [0.3, 0.4) is 0 Å². The standard InChI is InChI=1S/C14H19N3O/c1-17(9-11-3-2-6-18-10-11)13-5-4-12(8-15)14(16)7-13/h4-5,7,11H,2-3,6,9-10,16H2,1H3. The van der Waals surface area contributed by atoms with Gasteiger partial charge in [0.2, 0.25) is 0 Å². The van der Waals surface area contributed by atoms with E-state index < -0.39 is 0 Å². The number of ether oxygens (including phenoxy) is 1. The topological polar surface area (TPSA) is 62.3 Å². The molecule has 0 amide bonds. The number of anilines is 2. The summed E-state index contributed by atoms with van der Waals surface area (Å²) in [6.45, 7) is 2.70. The van der Waals surface area contributed by atoms with E-state index in [9.17, 15) is 0 Å². The molecule has 1 aromatic rings. The summed E-state index contributed by atoms with van der Waals surface area (Å²) in [5, 5.41) is 8.85. The van der Waals surface area contributed by atoms with E-state index in [2.05, 4.69) is 18.0 Å². The maximum atomic E-state index is 8.85. The van der Waals surface area contributed by atoms with Crippen molar-refractivity contribution >= 4 is 11.4 Å². The number of hydrogen-bond acceptors (Lipinski definition) is 4. The van der Waals surface area contributed by atoms with Crippen LogP contribution in [-0.2, 0) is 4.74 Å². The SMILES string of the molecule is CN(CC1CCCOC1)c1ccc(C#N)c(N)c1. The first kappa shape index (κ1) is 12.7. The number of nitrogen functional groups attached to an aromatic ring is 1. The van der Waals surface area contributed by atoms with Gasteiger partial charge < -0.3 is 15.4 Å². The van der Waals surface area contributed by atoms with Gasteiger partial charge in [-0.05, 0) is 37.0 Å². The third-order valence-corrected chi connectivity index (χ3v) is 3.38. The summed E-state index contributed by atoms with van der Waals surface area (Å²) in [6.07, 6.45) is 2.37. The van der Waals surface area contributed by atoms with Gasteiger partial charge in [-0.25, -0.2) is 0 Å². The molecule has 4 nitrogen and oxygen atoms in total. The lowest BCUT2D eigenvalue weighted by Gasteiger charge is -2.28. The predicted molar refractivity (Wildman–Crippen MR) is 72.4 cm³/mol. The molecule has 1 aromatic carbocycles. The molecule has 1 saturated heterocycles. The molecule has 2 N–H and O–H groups in total. The van der Waals surface area contributed by atoms with Crippen LogP contribution in [0.4, 0.5) is 11.4 Å². The Balaban J connectivity index is 2.02. The average molecular weight is 245 g/mol. The fraction of sp³-hybridized carbons (Fsp3) is 0.500. The molecule has 96 valence electrons. The Morgan fingerprint density at radius 1 is 1.56 bits per heavy atom. The Morgan fingerprint density at radius 3 is 3.00 bits per heavy atom. The maximum absolute atomic E-state index is 8.85. The largest absolute Gasteiger partial charge is 0.398 e. The summed E-state index contributed by atoms with van der Waals surface area (Å²) in [4.78, 5) is 2.18. The zero-order valence-corrected chi connectivity index (χ0v) is 10.7. The van der Waals surface area contributed by atoms with Crippen molar-refractivity contribution in [3.05, 3.63) is 23.8 Å². The van der Waals surface area contributed by atoms with Crippen molar-refractivity contribution < 1.29 is 4.74 Å². The highest BCUT2D eigenvalue weighted by atomic mass is 16.5. The van der Waals surface area contributed by atoms with Gasteiger partial charge in [-0.15, -0.1) is 0 Å². The molecular formula is C14H19N3O. The van der Waals surface area contributed by atoms with E-state index >= 15 is 0 Å². The Labute approximate surface area is 108 Å². The van der Waals surface area contributed by atoms with Crippen LogP contribution >= 0.6 is 0 Å². The molecule has 1 aliphatic rings. The Bertz CT molecular complexity index is 447. The molecule has 18 heavy (non-hydrogen) atoms. The van der Waals surface area contributed by atoms with Crippen LogP contribution in [0.1, 0.15) is 18.4 Å². The van der Waals surface area contributed by atoms with Gasteiger partial charge in [0.1, 0.15) is 6.07 Å². The first-order valence-corrected chi connectivity index (χ1v) is 6.29. The number of nitriles is 1. The third-order valence-electron chi connectivity index (χ3n) is 3.38. The van der Waals surface area contributed by atoms with Crippen molar-refractivity contribution in [3.63, 3.8) is 0 Å². The van der Waals surface area contributed by atoms with Gasteiger partial charge in [0.05, 0.1) is 17.9 Å². The van der Waals surface area contributed by atoms with Crippen molar-refractivity contribution in [2.24, 2.45) is 5.92 Å². The average Bonchev–Trinajstić information content (AvgIpc) is 2.39. The molecule has 1 unspecified atom stereocenters. The highest BCUT2D eigenvalue weighted by molar-refractivity contribution is 5.63. The van der Waals surface area contributed by atoms with Crippen LogP contribution in [0.5, 0.6) is 0 Å². The predicted octanol–water partition coefficient (Wildman–Crippen LogP) is 2.00. The molecule has 0 saturated carbocycles. The summed E-state index contributed by atoms with van der Waals surface area (Å²) in [7, 11) is 2.05. The smallest absolute Gasteiger partial charge is 0.101 e. The molecule has 1 aliphatic heterocycles. The van der Waals surface area contributed by atoms with Gasteiger partial charge in [-0.3, -0.25) is 0 Å². The molecule has 0 radical (unpaired) electrons. The van der Waals surface area contributed by atoms with Crippen LogP contribution in [0.15, 0.2) is 18.2 Å². The third kappa shape index (κ3) is 2.93. The Hall–Kier alpha value is -1.73. The molecule has 0 spiro atoms. The zero-order valence-electron chi connectivity index (χ0n) is 10.7. The Kier molecular flexibility index (Phi) is 4.06. The molecule has 0 aromatic heterocycles. The van der Waals surface area contributed by atoms with Crippen LogP contribution in [0.2, 0.25) is 0 Å². The number of hydrogen-bond donors (Lipinski definition) is 1. The molecule has 1 fully saturated rings. The first-order chi connectivity index (χ1) is 8.70. The molecule has 2 rings (SSSR count). The lowest BCUT2D eigenvalue weighted by atomic mass is 10.0. The highest BCUT2D eigenvalue weighted by Crippen LogP contribution is 2.22. The van der Waals surface area contributed by atoms with E-state index in [0.29, 0.717) is 17.2 Å². The van der Waals surface area contributed by atoms with Crippen LogP contribution in [0, 0.1) is 17.2 Å². The van der Waals surface area contributed by atoms with Crippen LogP contribution < -0.4 is 10.6 Å². The van der Waals surface area contributed by atoms with Gasteiger partial charge in [0, 0.05) is 25.9 Å². The maximum Gasteiger partial charge on any atom is 0.101 e. The van der Waals surface area contributed by atoms with E-state index in [4.69, 9.17) is 15.7 Å². The van der Waals surface area contributed by atoms with Gasteiger partial charge in [0.25, 0.3) is 0 Å². The number of benzene rings is 1. The lowest BCUT2D eigenvalue weighted by Crippen LogP contribution is -2.30. The van der Waals surface area contributed by atoms with Crippen molar-refractivity contribution in [3.8, 4) is 6.07 Å². The van der Waals surface area contributed by atoms with Gasteiger partial charge in [-0.1, -0.05) is 0 Å². The minimum atomic E-state index is 0.535. The van der Waals surface area contributed by atoms with Crippen molar-refractivity contribution in [2.45, 2.75) is 12.8 Å². The molecule has 0 aliphatic carbocycles. The monoisotopic (exact) mass is 245 g/mol. The van der Waals surface area contributed by atoms with E-state index in [1.54, 1.807) is 6.07 Å². The highest BCUT2D eigenvalue weighted by Gasteiger charge is 2.16. The lowest BCUT2D eigenvalue weighted by molar-refractivity contribution is 0.0576. The number of rotatable bonds is 3. The molecule has 1 heterocycles. The molecule has 4 heteroatoms. The minimum absolute atomic E-state index is 0.535. The van der Waals surface area contributed by atoms with E-state index in [1.807, 2.05) is 12.1 Å². The van der Waals surface area contributed by atoms with Crippen molar-refractivity contribution in [1.82, 2.24) is 0 Å². The number of nitrogens with two attached hydrogens (primary N) is 1. The second-order valence-electron chi connectivity index (χ2n) is 4.85. The fourth-order valence-corrected chi connectivity index (χ4v) is 2.33. The van der Waals surface area contributed by atoms with Crippen molar-refractivity contribution in [2.75, 3.05) is 37.4 Å². The minimum Gasteiger partial charge on any atom is -0.398 e. The molecule has 1 atom stereocenters. The molecule has 0 bridgehead atoms. The summed E-state index contributed by atoms with van der Waals surface area (Å²) < 4.78 is 5.48. The first-order valence-electron chi connectivity index (χ1n) is 6.29. The normalized spacial score (nSPS) is 19.2. The van der Waals surface area contributed by atoms with Crippen LogP contribution in [0.25, 0.3) is 0 Å². The summed E-state index contributed by atoms with van der Waals surface area (Å²) in [6, 6.07) is 7.66. The van der Waals surface area contributed by atoms with E-state index in [1.165, 1.54) is 6.42 Å². The summed E-state index contributed by atoms with van der Waals surface area (Å²) in [5.41, 5.74) is 7.96. The summed E-state index contributed by atoms with van der Waals surface area (Å²) in [5.74, 6) is 0.584. The van der Waals surface area contributed by atoms with Gasteiger partial charge in [0.15, 0.2) is 0 Å². The fourth-order valence-electron chi connectivity index (χ4n) is 2.33. The number of nitrogens with zero attached hydrogens (tertiary/aromatic N) is 2. The molecular weight excluding hydrogens is 226 g/mol. The van der Waals surface area contributed by atoms with E-state index in [-0.39, 0.29) is 0 Å². The van der Waals surface area contributed by atoms with Gasteiger partial charge >= 0.3 is 0 Å². The quantitative estimate of drug-likeness (QED) is 0.827.